The van der Waals surface area contributed by atoms with E-state index in [1.807, 2.05) is 58.0 Å². The first-order chi connectivity index (χ1) is 25.7. The highest BCUT2D eigenvalue weighted by atomic mass is 16.6. The normalized spacial score (nSPS) is 18.9. The molecule has 6 atom stereocenters. The van der Waals surface area contributed by atoms with Gasteiger partial charge < -0.3 is 41.7 Å². The summed E-state index contributed by atoms with van der Waals surface area (Å²) in [5.74, 6) is -1.20. The number of carbonyl (C=O) groups excluding carboxylic acids is 5. The number of amides is 5. The average Bonchev–Trinajstić information content (AvgIpc) is 3.73. The van der Waals surface area contributed by atoms with Crippen LogP contribution in [0.3, 0.4) is 0 Å². The molecule has 1 saturated heterocycles. The fraction of sp³-hybridized carbons (Fsp3) is 0.625. The third-order valence-electron chi connectivity index (χ3n) is 9.74. The monoisotopic (exact) mass is 766 g/mol. The van der Waals surface area contributed by atoms with E-state index in [-0.39, 0.29) is 55.3 Å². The van der Waals surface area contributed by atoms with Crippen LogP contribution in [0.1, 0.15) is 105 Å². The fourth-order valence-corrected chi connectivity index (χ4v) is 6.51. The van der Waals surface area contributed by atoms with Crippen molar-refractivity contribution in [2.24, 2.45) is 11.8 Å². The van der Waals surface area contributed by atoms with Gasteiger partial charge in [-0.3, -0.25) is 19.2 Å². The predicted molar refractivity (Wildman–Crippen MR) is 209 cm³/mol. The summed E-state index contributed by atoms with van der Waals surface area (Å²) in [7, 11) is 0. The number of ether oxygens (including phenoxy) is 1. The van der Waals surface area contributed by atoms with Gasteiger partial charge in [0.05, 0.1) is 17.7 Å². The molecule has 1 fully saturated rings. The molecule has 0 aliphatic carbocycles. The number of hydrogen-bond donors (Lipinski definition) is 6. The van der Waals surface area contributed by atoms with Crippen LogP contribution in [0.25, 0.3) is 0 Å². The Kier molecular flexibility index (Phi) is 15.6. The van der Waals surface area contributed by atoms with Crippen molar-refractivity contribution in [3.05, 3.63) is 53.5 Å². The molecule has 2 aromatic rings. The molecule has 15 nitrogen and oxygen atoms in total. The predicted octanol–water partition coefficient (Wildman–Crippen LogP) is 3.31. The first-order valence-electron chi connectivity index (χ1n) is 19.2. The molecule has 1 aromatic carbocycles. The van der Waals surface area contributed by atoms with Gasteiger partial charge >= 0.3 is 6.09 Å². The van der Waals surface area contributed by atoms with E-state index in [1.165, 1.54) is 4.90 Å². The van der Waals surface area contributed by atoms with Crippen molar-refractivity contribution < 1.29 is 33.8 Å². The smallest absolute Gasteiger partial charge is 0.408 e. The maximum absolute atomic E-state index is 13.9. The zero-order chi connectivity index (χ0) is 41.2. The number of anilines is 1. The molecule has 0 radical (unpaired) electrons. The number of carbonyl (C=O) groups is 5. The Morgan fingerprint density at radius 2 is 1.67 bits per heavy atom. The van der Waals surface area contributed by atoms with Gasteiger partial charge in [0.15, 0.2) is 0 Å². The van der Waals surface area contributed by atoms with Crippen molar-refractivity contribution >= 4 is 35.5 Å². The molecule has 5 amide bonds. The highest BCUT2D eigenvalue weighted by Gasteiger charge is 2.64. The molecule has 1 aliphatic heterocycles. The Balaban J connectivity index is 1.71. The standard InChI is InChI=1S/C40H62N8O7/c1-11-40(10)33(37(53)43-22-27-21-42-25(6)44-34(27)41)48(40)31(50)18-17-30(49)28(20-26-15-13-12-14-16-26)45-36(52)32(24(4)5)47-35(51)29(19-23(2)3)46-38(54)55-39(7,8)9/h12-16,21,23-24,28-30,32-33,49H,11,17-20,22H2,1-10H3,(H,43,53)(H,45,52)(H,46,54)(H,47,51)(H2,41,42,44)/t28-,29-,30-,32-,33+,40-,48?/m0/s1. The highest BCUT2D eigenvalue weighted by Crippen LogP contribution is 2.44. The molecule has 15 heteroatoms. The quantitative estimate of drug-likeness (QED) is 0.122. The minimum Gasteiger partial charge on any atom is -0.444 e. The van der Waals surface area contributed by atoms with Crippen molar-refractivity contribution in [3.63, 3.8) is 0 Å². The summed E-state index contributed by atoms with van der Waals surface area (Å²) < 4.78 is 5.37. The van der Waals surface area contributed by atoms with E-state index in [0.29, 0.717) is 24.2 Å². The molecule has 7 N–H and O–H groups in total. The zero-order valence-electron chi connectivity index (χ0n) is 34.1. The van der Waals surface area contributed by atoms with E-state index in [0.717, 1.165) is 5.56 Å². The van der Waals surface area contributed by atoms with E-state index in [2.05, 4.69) is 31.2 Å². The van der Waals surface area contributed by atoms with Crippen LogP contribution in [0, 0.1) is 18.8 Å². The molecule has 0 bridgehead atoms. The second-order valence-corrected chi connectivity index (χ2v) is 16.4. The minimum absolute atomic E-state index is 0.00740. The molecule has 2 heterocycles. The van der Waals surface area contributed by atoms with Crippen molar-refractivity contribution in [3.8, 4) is 0 Å². The number of nitrogens with two attached hydrogens (primary N) is 1. The summed E-state index contributed by atoms with van der Waals surface area (Å²) in [4.78, 5) is 76.7. The average molecular weight is 767 g/mol. The third kappa shape index (κ3) is 12.9. The maximum atomic E-state index is 13.9. The van der Waals surface area contributed by atoms with Crippen LogP contribution in [0.15, 0.2) is 36.5 Å². The summed E-state index contributed by atoms with van der Waals surface area (Å²) in [5.41, 5.74) is 5.93. The second kappa shape index (κ2) is 19.2. The number of nitrogen functional groups attached to an aromatic ring is 1. The van der Waals surface area contributed by atoms with E-state index < -0.39 is 59.3 Å². The van der Waals surface area contributed by atoms with Crippen LogP contribution in [0.2, 0.25) is 0 Å². The summed E-state index contributed by atoms with van der Waals surface area (Å²) in [6.45, 7) is 18.2. The number of nitrogens with one attached hydrogen (secondary N) is 4. The summed E-state index contributed by atoms with van der Waals surface area (Å²) in [6.07, 6.45) is 0.710. The molecule has 55 heavy (non-hydrogen) atoms. The lowest BCUT2D eigenvalue weighted by Gasteiger charge is -2.30. The number of aromatic nitrogens is 2. The summed E-state index contributed by atoms with van der Waals surface area (Å²) in [5, 5.41) is 22.8. The van der Waals surface area contributed by atoms with Crippen LogP contribution >= 0.6 is 0 Å². The summed E-state index contributed by atoms with van der Waals surface area (Å²) >= 11 is 0. The van der Waals surface area contributed by atoms with Crippen molar-refractivity contribution in [2.75, 3.05) is 5.73 Å². The lowest BCUT2D eigenvalue weighted by molar-refractivity contribution is -0.132. The lowest BCUT2D eigenvalue weighted by atomic mass is 9.96. The largest absolute Gasteiger partial charge is 0.444 e. The van der Waals surface area contributed by atoms with Gasteiger partial charge in [0.1, 0.15) is 35.4 Å². The topological polar surface area (TPSA) is 218 Å². The number of aliphatic hydroxyl groups excluding tert-OH is 1. The fourth-order valence-electron chi connectivity index (χ4n) is 6.51. The number of nitrogens with zero attached hydrogens (tertiary/aromatic N) is 3. The number of alkyl carbamates (subject to hydrolysis) is 1. The number of aryl methyl sites for hydroxylation is 1. The van der Waals surface area contributed by atoms with Gasteiger partial charge in [0.2, 0.25) is 23.6 Å². The highest BCUT2D eigenvalue weighted by molar-refractivity contribution is 5.95. The van der Waals surface area contributed by atoms with E-state index >= 15 is 0 Å². The van der Waals surface area contributed by atoms with Gasteiger partial charge in [0.25, 0.3) is 0 Å². The molecule has 1 aromatic heterocycles. The van der Waals surface area contributed by atoms with Crippen LogP contribution in [0.5, 0.6) is 0 Å². The molecule has 1 aliphatic rings. The molecular weight excluding hydrogens is 704 g/mol. The Labute approximate surface area is 325 Å². The number of aliphatic hydroxyl groups is 1. The number of rotatable bonds is 18. The second-order valence-electron chi connectivity index (χ2n) is 16.4. The van der Waals surface area contributed by atoms with Crippen LogP contribution in [-0.2, 0) is 36.9 Å². The molecule has 3 rings (SSSR count). The van der Waals surface area contributed by atoms with Gasteiger partial charge in [-0.05, 0) is 77.7 Å². The van der Waals surface area contributed by atoms with Crippen LogP contribution in [0.4, 0.5) is 10.6 Å². The maximum Gasteiger partial charge on any atom is 0.408 e. The summed E-state index contributed by atoms with van der Waals surface area (Å²) in [6, 6.07) is 5.84. The van der Waals surface area contributed by atoms with Crippen LogP contribution < -0.4 is 27.0 Å². The van der Waals surface area contributed by atoms with Gasteiger partial charge in [0, 0.05) is 24.7 Å². The number of hydrogen-bond acceptors (Lipinski definition) is 10. The SMILES string of the molecule is CC[C@@]1(C)[C@@H](C(=O)NCc2cnc(C)nc2N)N1C(=O)CC[C@H](O)[C@H](Cc1ccccc1)NC(=O)[C@@H](NC(=O)[C@H](CC(C)C)NC(=O)OC(C)(C)C)C(C)C. The molecule has 0 spiro atoms. The zero-order valence-corrected chi connectivity index (χ0v) is 34.1. The third-order valence-corrected chi connectivity index (χ3v) is 9.74. The Morgan fingerprint density at radius 3 is 2.24 bits per heavy atom. The van der Waals surface area contributed by atoms with Gasteiger partial charge in [-0.2, -0.15) is 0 Å². The first kappa shape index (κ1) is 44.6. The molecule has 0 saturated carbocycles. The van der Waals surface area contributed by atoms with Crippen molar-refractivity contribution in [1.29, 1.82) is 0 Å². The van der Waals surface area contributed by atoms with Crippen LogP contribution in [-0.4, -0.2) is 91.1 Å². The Hall–Kier alpha value is -4.79. The van der Waals surface area contributed by atoms with E-state index in [4.69, 9.17) is 10.5 Å². The lowest BCUT2D eigenvalue weighted by Crippen LogP contribution is -2.58. The van der Waals surface area contributed by atoms with Gasteiger partial charge in [-0.15, -0.1) is 0 Å². The first-order valence-corrected chi connectivity index (χ1v) is 19.2. The Bertz CT molecular complexity index is 1650. The number of benzene rings is 1. The Morgan fingerprint density at radius 1 is 1.02 bits per heavy atom. The van der Waals surface area contributed by atoms with Crippen molar-refractivity contribution in [2.45, 2.75) is 149 Å². The molecule has 304 valence electrons. The van der Waals surface area contributed by atoms with Gasteiger partial charge in [-0.1, -0.05) is 65.0 Å². The molecular formula is C40H62N8O7. The van der Waals surface area contributed by atoms with E-state index in [9.17, 15) is 29.1 Å². The minimum atomic E-state index is -1.15. The van der Waals surface area contributed by atoms with Gasteiger partial charge in [-0.25, -0.2) is 14.8 Å². The molecule has 0 unspecified atom stereocenters. The van der Waals surface area contributed by atoms with E-state index in [1.54, 1.807) is 47.7 Å². The van der Waals surface area contributed by atoms with Crippen molar-refractivity contribution in [1.82, 2.24) is 36.1 Å².